The van der Waals surface area contributed by atoms with Crippen LogP contribution in [0, 0.1) is 0 Å². The predicted octanol–water partition coefficient (Wildman–Crippen LogP) is 2.77. The van der Waals surface area contributed by atoms with Gasteiger partial charge in [0, 0.05) is 80.0 Å². The molecule has 1 amide bonds. The molecule has 3 aromatic heterocycles. The summed E-state index contributed by atoms with van der Waals surface area (Å²) in [5, 5.41) is 8.04. The average molecular weight is 484 g/mol. The van der Waals surface area contributed by atoms with Gasteiger partial charge in [-0.1, -0.05) is 0 Å². The number of carbonyl (C=O) groups is 1. The van der Waals surface area contributed by atoms with Gasteiger partial charge in [-0.2, -0.15) is 5.10 Å². The van der Waals surface area contributed by atoms with Gasteiger partial charge in [0.1, 0.15) is 5.69 Å². The molecule has 0 radical (unpaired) electrons. The number of aromatic nitrogens is 5. The van der Waals surface area contributed by atoms with Crippen LogP contribution in [0.15, 0.2) is 67.3 Å². The van der Waals surface area contributed by atoms with Crippen molar-refractivity contribution < 1.29 is 4.79 Å². The van der Waals surface area contributed by atoms with Gasteiger partial charge >= 0.3 is 0 Å². The van der Waals surface area contributed by atoms with E-state index >= 15 is 0 Å². The van der Waals surface area contributed by atoms with Crippen molar-refractivity contribution in [3.05, 3.63) is 67.3 Å². The predicted molar refractivity (Wildman–Crippen MR) is 140 cm³/mol. The summed E-state index contributed by atoms with van der Waals surface area (Å²) in [6.07, 6.45) is 7.32. The lowest BCUT2D eigenvalue weighted by Crippen LogP contribution is -2.48. The molecular formula is C26H29N9O. The molecule has 4 aromatic rings. The van der Waals surface area contributed by atoms with E-state index in [0.29, 0.717) is 12.5 Å². The first-order valence-corrected chi connectivity index (χ1v) is 12.0. The summed E-state index contributed by atoms with van der Waals surface area (Å²) < 4.78 is 1.90. The molecule has 10 heteroatoms. The second-order valence-electron chi connectivity index (χ2n) is 8.66. The Kier molecular flexibility index (Phi) is 6.85. The first-order chi connectivity index (χ1) is 17.6. The number of nitrogens with two attached hydrogens (primary N) is 1. The maximum atomic E-state index is 11.1. The molecule has 0 bridgehead atoms. The van der Waals surface area contributed by atoms with Gasteiger partial charge in [0.2, 0.25) is 11.9 Å². The van der Waals surface area contributed by atoms with E-state index in [1.165, 1.54) is 0 Å². The molecule has 4 heterocycles. The number of nitrogens with zero attached hydrogens (tertiary/aromatic N) is 7. The van der Waals surface area contributed by atoms with Gasteiger partial charge in [0.05, 0.1) is 12.2 Å². The normalized spacial score (nSPS) is 14.1. The third kappa shape index (κ3) is 5.33. The van der Waals surface area contributed by atoms with E-state index < -0.39 is 0 Å². The van der Waals surface area contributed by atoms with E-state index in [1.807, 2.05) is 47.4 Å². The maximum Gasteiger partial charge on any atom is 0.231 e. The second-order valence-corrected chi connectivity index (χ2v) is 8.66. The highest BCUT2D eigenvalue weighted by Gasteiger charge is 2.18. The summed E-state index contributed by atoms with van der Waals surface area (Å²) >= 11 is 0. The molecule has 0 saturated carbocycles. The molecule has 3 N–H and O–H groups in total. The van der Waals surface area contributed by atoms with E-state index in [4.69, 9.17) is 15.8 Å². The topological polar surface area (TPSA) is 118 Å². The van der Waals surface area contributed by atoms with Crippen LogP contribution in [-0.2, 0) is 11.3 Å². The van der Waals surface area contributed by atoms with Gasteiger partial charge in [0.15, 0.2) is 0 Å². The zero-order chi connectivity index (χ0) is 24.9. The highest BCUT2D eigenvalue weighted by atomic mass is 16.1. The first-order valence-electron chi connectivity index (χ1n) is 12.0. The summed E-state index contributed by atoms with van der Waals surface area (Å²) in [6, 6.07) is 14.0. The Morgan fingerprint density at radius 1 is 1.06 bits per heavy atom. The zero-order valence-corrected chi connectivity index (χ0v) is 20.2. The molecule has 1 fully saturated rings. The van der Waals surface area contributed by atoms with Crippen LogP contribution in [0.2, 0.25) is 0 Å². The van der Waals surface area contributed by atoms with Crippen molar-refractivity contribution in [3.8, 4) is 22.5 Å². The van der Waals surface area contributed by atoms with Gasteiger partial charge in [-0.05, 0) is 49.4 Å². The van der Waals surface area contributed by atoms with E-state index in [1.54, 1.807) is 12.4 Å². The molecule has 0 aliphatic carbocycles. The van der Waals surface area contributed by atoms with Crippen molar-refractivity contribution in [1.82, 2.24) is 29.6 Å². The van der Waals surface area contributed by atoms with Crippen LogP contribution in [0.25, 0.3) is 22.5 Å². The number of benzene rings is 1. The Hall–Kier alpha value is -4.31. The summed E-state index contributed by atoms with van der Waals surface area (Å²) in [7, 11) is 0. The lowest BCUT2D eigenvalue weighted by atomic mass is 10.1. The number of hydrogen-bond donors (Lipinski definition) is 2. The van der Waals surface area contributed by atoms with Crippen molar-refractivity contribution in [2.24, 2.45) is 5.73 Å². The Morgan fingerprint density at radius 3 is 2.56 bits per heavy atom. The molecule has 184 valence electrons. The van der Waals surface area contributed by atoms with Crippen molar-refractivity contribution >= 4 is 23.2 Å². The highest BCUT2D eigenvalue weighted by molar-refractivity contribution is 5.78. The molecule has 0 unspecified atom stereocenters. The van der Waals surface area contributed by atoms with Crippen LogP contribution in [-0.4, -0.2) is 68.3 Å². The van der Waals surface area contributed by atoms with E-state index in [9.17, 15) is 4.79 Å². The molecule has 5 rings (SSSR count). The van der Waals surface area contributed by atoms with Crippen LogP contribution in [0.5, 0.6) is 0 Å². The number of hydrogen-bond acceptors (Lipinski definition) is 8. The maximum absolute atomic E-state index is 11.1. The Labute approximate surface area is 209 Å². The number of nitrogens with one attached hydrogen (secondary N) is 1. The van der Waals surface area contributed by atoms with Crippen LogP contribution in [0.1, 0.15) is 6.92 Å². The largest absolute Gasteiger partial charge is 0.369 e. The minimum Gasteiger partial charge on any atom is -0.369 e. The van der Waals surface area contributed by atoms with Crippen molar-refractivity contribution in [1.29, 1.82) is 0 Å². The number of rotatable bonds is 8. The van der Waals surface area contributed by atoms with E-state index in [0.717, 1.165) is 66.6 Å². The fraction of sp³-hybridized carbons (Fsp3) is 0.269. The fourth-order valence-corrected chi connectivity index (χ4v) is 4.33. The molecular weight excluding hydrogens is 454 g/mol. The quantitative estimate of drug-likeness (QED) is 0.393. The standard InChI is InChI=1S/C26H29N9O/c1-2-35-17-22(25(32-35)19-4-3-10-28-16-19)23-9-11-29-26(31-23)30-20-5-7-21(8-6-20)34-14-12-33(13-15-34)18-24(27)36/h3-11,16-17H,2,12-15,18H2,1H3,(H2,27,36)(H,29,30,31). The number of primary amides is 1. The number of aryl methyl sites for hydroxylation is 1. The van der Waals surface area contributed by atoms with Crippen molar-refractivity contribution in [3.63, 3.8) is 0 Å². The van der Waals surface area contributed by atoms with Gasteiger partial charge in [0.25, 0.3) is 0 Å². The molecule has 0 atom stereocenters. The summed E-state index contributed by atoms with van der Waals surface area (Å²) in [6.45, 7) is 6.49. The van der Waals surface area contributed by atoms with Crippen molar-refractivity contribution in [2.75, 3.05) is 42.9 Å². The molecule has 1 aliphatic heterocycles. The number of anilines is 3. The first kappa shape index (κ1) is 23.4. The number of piperazine rings is 1. The smallest absolute Gasteiger partial charge is 0.231 e. The monoisotopic (exact) mass is 483 g/mol. The highest BCUT2D eigenvalue weighted by Crippen LogP contribution is 2.30. The lowest BCUT2D eigenvalue weighted by Gasteiger charge is -2.35. The van der Waals surface area contributed by atoms with Gasteiger partial charge in [-0.3, -0.25) is 19.4 Å². The average Bonchev–Trinajstić information content (AvgIpc) is 3.35. The van der Waals surface area contributed by atoms with E-state index in [2.05, 4.69) is 44.1 Å². The zero-order valence-electron chi connectivity index (χ0n) is 20.2. The Morgan fingerprint density at radius 2 is 1.86 bits per heavy atom. The van der Waals surface area contributed by atoms with Crippen LogP contribution < -0.4 is 16.0 Å². The SMILES string of the molecule is CCn1cc(-c2ccnc(Nc3ccc(N4CCN(CC(N)=O)CC4)cc3)n2)c(-c2cccnc2)n1. The minimum absolute atomic E-state index is 0.280. The minimum atomic E-state index is -0.280. The molecule has 10 nitrogen and oxygen atoms in total. The Bertz CT molecular complexity index is 1310. The second kappa shape index (κ2) is 10.5. The summed E-state index contributed by atoms with van der Waals surface area (Å²) in [4.78, 5) is 29.0. The van der Waals surface area contributed by atoms with Crippen molar-refractivity contribution in [2.45, 2.75) is 13.5 Å². The number of carbonyl (C=O) groups excluding carboxylic acids is 1. The molecule has 1 aromatic carbocycles. The molecule has 36 heavy (non-hydrogen) atoms. The van der Waals surface area contributed by atoms with E-state index in [-0.39, 0.29) is 5.91 Å². The molecule has 0 spiro atoms. The third-order valence-corrected chi connectivity index (χ3v) is 6.19. The third-order valence-electron chi connectivity index (χ3n) is 6.19. The summed E-state index contributed by atoms with van der Waals surface area (Å²) in [5.74, 6) is 0.236. The van der Waals surface area contributed by atoms with Gasteiger partial charge in [-0.25, -0.2) is 9.97 Å². The molecule has 1 saturated heterocycles. The summed E-state index contributed by atoms with van der Waals surface area (Å²) in [5.41, 5.74) is 10.9. The van der Waals surface area contributed by atoms with Gasteiger partial charge in [-0.15, -0.1) is 0 Å². The molecule has 1 aliphatic rings. The fourth-order valence-electron chi connectivity index (χ4n) is 4.33. The number of pyridine rings is 1. The Balaban J connectivity index is 1.30. The van der Waals surface area contributed by atoms with Crippen LogP contribution in [0.4, 0.5) is 17.3 Å². The van der Waals surface area contributed by atoms with Crippen LogP contribution in [0.3, 0.4) is 0 Å². The van der Waals surface area contributed by atoms with Crippen LogP contribution >= 0.6 is 0 Å². The number of amides is 1. The van der Waals surface area contributed by atoms with Gasteiger partial charge < -0.3 is 16.0 Å². The lowest BCUT2D eigenvalue weighted by molar-refractivity contribution is -0.119.